The van der Waals surface area contributed by atoms with E-state index in [0.29, 0.717) is 5.56 Å². The van der Waals surface area contributed by atoms with Gasteiger partial charge in [0, 0.05) is 17.0 Å². The average Bonchev–Trinajstić information content (AvgIpc) is 3.03. The van der Waals surface area contributed by atoms with Crippen LogP contribution in [0.5, 0.6) is 5.75 Å². The first kappa shape index (κ1) is 24.5. The quantitative estimate of drug-likeness (QED) is 0.453. The molecule has 0 atom stereocenters. The van der Waals surface area contributed by atoms with Crippen molar-refractivity contribution in [3.05, 3.63) is 47.8 Å². The van der Waals surface area contributed by atoms with Gasteiger partial charge in [0.05, 0.1) is 25.7 Å². The highest BCUT2D eigenvalue weighted by Gasteiger charge is 2.33. The molecule has 0 bridgehead atoms. The van der Waals surface area contributed by atoms with Crippen molar-refractivity contribution < 1.29 is 39.9 Å². The number of carbonyl (C=O) groups is 1. The van der Waals surface area contributed by atoms with E-state index in [9.17, 15) is 26.0 Å². The fourth-order valence-corrected chi connectivity index (χ4v) is 6.28. The molecule has 1 heterocycles. The largest absolute Gasteiger partial charge is 0.489 e. The van der Waals surface area contributed by atoms with Crippen molar-refractivity contribution in [3.8, 4) is 17.1 Å². The molecule has 33 heavy (non-hydrogen) atoms. The molecular formula is C21H22FNO8S2. The Labute approximate surface area is 190 Å². The molecule has 0 saturated heterocycles. The first-order chi connectivity index (χ1) is 15.2. The Kier molecular flexibility index (Phi) is 6.44. The molecule has 0 saturated carbocycles. The number of methoxy groups -OCH3 is 1. The first-order valence-electron chi connectivity index (χ1n) is 9.56. The van der Waals surface area contributed by atoms with Crippen LogP contribution < -0.4 is 8.45 Å². The van der Waals surface area contributed by atoms with E-state index in [1.807, 2.05) is 0 Å². The molecule has 0 spiro atoms. The van der Waals surface area contributed by atoms with E-state index >= 15 is 0 Å². The second-order valence-electron chi connectivity index (χ2n) is 7.51. The maximum absolute atomic E-state index is 13.4. The van der Waals surface area contributed by atoms with Gasteiger partial charge in [-0.1, -0.05) is 0 Å². The van der Waals surface area contributed by atoms with Crippen LogP contribution in [-0.4, -0.2) is 48.5 Å². The number of anilines is 1. The minimum atomic E-state index is -4.29. The lowest BCUT2D eigenvalue weighted by Crippen LogP contribution is -2.35. The van der Waals surface area contributed by atoms with E-state index in [1.165, 1.54) is 37.4 Å². The van der Waals surface area contributed by atoms with Gasteiger partial charge in [0.15, 0.2) is 0 Å². The average molecular weight is 500 g/mol. The molecule has 3 aromatic rings. The lowest BCUT2D eigenvalue weighted by molar-refractivity contribution is 0.0603. The number of ether oxygens (including phenoxy) is 2. The van der Waals surface area contributed by atoms with Gasteiger partial charge in [-0.15, -0.1) is 0 Å². The zero-order valence-electron chi connectivity index (χ0n) is 18.4. The second kappa shape index (κ2) is 8.67. The molecule has 0 N–H and O–H groups in total. The van der Waals surface area contributed by atoms with Gasteiger partial charge >= 0.3 is 5.97 Å². The van der Waals surface area contributed by atoms with E-state index in [1.54, 1.807) is 13.8 Å². The van der Waals surface area contributed by atoms with E-state index < -0.39 is 37.9 Å². The minimum absolute atomic E-state index is 0.00173. The summed E-state index contributed by atoms with van der Waals surface area (Å²) in [5.41, 5.74) is 0.0311. The number of benzene rings is 2. The fourth-order valence-electron chi connectivity index (χ4n) is 3.32. The van der Waals surface area contributed by atoms with E-state index in [0.717, 1.165) is 18.6 Å². The smallest absolute Gasteiger partial charge is 0.342 e. The molecule has 9 nitrogen and oxygen atoms in total. The Morgan fingerprint density at radius 2 is 1.61 bits per heavy atom. The van der Waals surface area contributed by atoms with Crippen molar-refractivity contribution in [1.29, 1.82) is 0 Å². The highest BCUT2D eigenvalue weighted by Crippen LogP contribution is 2.42. The minimum Gasteiger partial charge on any atom is -0.489 e. The molecular weight excluding hydrogens is 477 g/mol. The SMILES string of the molecule is COC(=O)c1c(-c2ccc(F)cc2)oc2cc(N(S(C)(=O)=O)S(C)(=O)=O)c(OC(C)C)cc12. The van der Waals surface area contributed by atoms with E-state index in [4.69, 9.17) is 13.9 Å². The van der Waals surface area contributed by atoms with Crippen LogP contribution in [0.4, 0.5) is 10.1 Å². The van der Waals surface area contributed by atoms with Crippen molar-refractivity contribution in [1.82, 2.24) is 0 Å². The van der Waals surface area contributed by atoms with Gasteiger partial charge < -0.3 is 13.9 Å². The summed E-state index contributed by atoms with van der Waals surface area (Å²) < 4.78 is 79.6. The number of hydrogen-bond acceptors (Lipinski definition) is 8. The number of hydrogen-bond donors (Lipinski definition) is 0. The highest BCUT2D eigenvalue weighted by atomic mass is 32.3. The normalized spacial score (nSPS) is 12.2. The van der Waals surface area contributed by atoms with Gasteiger partial charge in [-0.3, -0.25) is 0 Å². The number of furan rings is 1. The maximum Gasteiger partial charge on any atom is 0.342 e. The molecule has 0 radical (unpaired) electrons. The Morgan fingerprint density at radius 3 is 2.09 bits per heavy atom. The summed E-state index contributed by atoms with van der Waals surface area (Å²) in [6, 6.07) is 7.62. The van der Waals surface area contributed by atoms with Gasteiger partial charge in [-0.2, -0.15) is 3.71 Å². The predicted molar refractivity (Wildman–Crippen MR) is 121 cm³/mol. The molecule has 0 fully saturated rings. The molecule has 178 valence electrons. The number of fused-ring (bicyclic) bond motifs is 1. The van der Waals surface area contributed by atoms with E-state index in [2.05, 4.69) is 0 Å². The van der Waals surface area contributed by atoms with Crippen LogP contribution in [0.1, 0.15) is 24.2 Å². The van der Waals surface area contributed by atoms with Crippen LogP contribution in [0.2, 0.25) is 0 Å². The first-order valence-corrected chi connectivity index (χ1v) is 13.3. The Hall–Kier alpha value is -3.12. The molecule has 0 aliphatic carbocycles. The van der Waals surface area contributed by atoms with Gasteiger partial charge in [0.2, 0.25) is 20.0 Å². The summed E-state index contributed by atoms with van der Waals surface area (Å²) in [7, 11) is -7.42. The summed E-state index contributed by atoms with van der Waals surface area (Å²) in [6.07, 6.45) is 1.01. The van der Waals surface area contributed by atoms with Crippen molar-refractivity contribution in [2.24, 2.45) is 0 Å². The topological polar surface area (TPSA) is 120 Å². The predicted octanol–water partition coefficient (Wildman–Crippen LogP) is 3.54. The van der Waals surface area contributed by atoms with Crippen LogP contribution in [-0.2, 0) is 24.8 Å². The van der Waals surface area contributed by atoms with Crippen LogP contribution in [0.3, 0.4) is 0 Å². The van der Waals surface area contributed by atoms with Crippen molar-refractivity contribution in [2.45, 2.75) is 20.0 Å². The highest BCUT2D eigenvalue weighted by molar-refractivity contribution is 8.09. The zero-order chi connectivity index (χ0) is 24.7. The standard InChI is InChI=1S/C21H22FNO8S2/c1-12(2)30-18-10-15-17(11-16(18)23(32(4,25)26)33(5,27)28)31-20(19(15)21(24)29-3)13-6-8-14(22)9-7-13/h6-12H,1-5H3. The number of rotatable bonds is 7. The Morgan fingerprint density at radius 1 is 1.03 bits per heavy atom. The fraction of sp³-hybridized carbons (Fsp3) is 0.286. The molecule has 2 aromatic carbocycles. The Bertz CT molecular complexity index is 1390. The number of sulfonamides is 2. The van der Waals surface area contributed by atoms with Gasteiger partial charge in [0.1, 0.15) is 34.2 Å². The monoisotopic (exact) mass is 499 g/mol. The zero-order valence-corrected chi connectivity index (χ0v) is 20.1. The second-order valence-corrected chi connectivity index (χ2v) is 11.4. The van der Waals surface area contributed by atoms with Crippen molar-refractivity contribution in [3.63, 3.8) is 0 Å². The summed E-state index contributed by atoms with van der Waals surface area (Å²) in [4.78, 5) is 12.6. The van der Waals surface area contributed by atoms with Gasteiger partial charge in [0.25, 0.3) is 0 Å². The Balaban J connectivity index is 2.44. The van der Waals surface area contributed by atoms with Crippen LogP contribution in [0.15, 0.2) is 40.8 Å². The number of esters is 1. The lowest BCUT2D eigenvalue weighted by Gasteiger charge is -2.23. The number of halogens is 1. The van der Waals surface area contributed by atoms with E-state index in [-0.39, 0.29) is 37.4 Å². The summed E-state index contributed by atoms with van der Waals surface area (Å²) in [5.74, 6) is -1.33. The third-order valence-corrected chi connectivity index (χ3v) is 7.65. The summed E-state index contributed by atoms with van der Waals surface area (Å²) in [6.45, 7) is 3.33. The van der Waals surface area contributed by atoms with Crippen LogP contribution in [0.25, 0.3) is 22.3 Å². The lowest BCUT2D eigenvalue weighted by atomic mass is 10.0. The summed E-state index contributed by atoms with van der Waals surface area (Å²) in [5, 5.41) is 0.197. The van der Waals surface area contributed by atoms with Crippen molar-refractivity contribution >= 4 is 42.7 Å². The number of nitrogens with zero attached hydrogens (tertiary/aromatic N) is 1. The summed E-state index contributed by atoms with van der Waals surface area (Å²) >= 11 is 0. The van der Waals surface area contributed by atoms with Gasteiger partial charge in [-0.25, -0.2) is 26.0 Å². The molecule has 1 aromatic heterocycles. The molecule has 0 amide bonds. The van der Waals surface area contributed by atoms with Crippen molar-refractivity contribution in [2.75, 3.05) is 23.3 Å². The van der Waals surface area contributed by atoms with Crippen LogP contribution in [0, 0.1) is 5.82 Å². The third kappa shape index (κ3) is 4.96. The molecule has 0 aliphatic heterocycles. The molecule has 0 unspecified atom stereocenters. The number of carbonyl (C=O) groups excluding carboxylic acids is 1. The third-order valence-electron chi connectivity index (χ3n) is 4.43. The molecule has 3 rings (SSSR count). The maximum atomic E-state index is 13.4. The molecule has 12 heteroatoms. The molecule has 0 aliphatic rings. The van der Waals surface area contributed by atoms with Crippen LogP contribution >= 0.6 is 0 Å². The van der Waals surface area contributed by atoms with Gasteiger partial charge in [-0.05, 0) is 44.2 Å².